The Hall–Kier alpha value is -1.44. The van der Waals surface area contributed by atoms with Gasteiger partial charge in [-0.05, 0) is 29.3 Å². The first-order valence-electron chi connectivity index (χ1n) is 6.13. The summed E-state index contributed by atoms with van der Waals surface area (Å²) in [6.07, 6.45) is 0. The molecule has 0 aromatic heterocycles. The van der Waals surface area contributed by atoms with Crippen LogP contribution in [0, 0.1) is 5.82 Å². The van der Waals surface area contributed by atoms with Crippen LogP contribution in [-0.2, 0) is 22.3 Å². The van der Waals surface area contributed by atoms with Crippen molar-refractivity contribution in [1.82, 2.24) is 0 Å². The van der Waals surface area contributed by atoms with Gasteiger partial charge in [-0.3, -0.25) is 4.72 Å². The molecule has 0 saturated heterocycles. The molecule has 3 N–H and O–H groups in total. The first kappa shape index (κ1) is 15.9. The van der Waals surface area contributed by atoms with Gasteiger partial charge < -0.3 is 5.73 Å². The van der Waals surface area contributed by atoms with Gasteiger partial charge in [-0.15, -0.1) is 0 Å². The van der Waals surface area contributed by atoms with Crippen molar-refractivity contribution >= 4 is 31.6 Å². The predicted molar refractivity (Wildman–Crippen MR) is 84.7 cm³/mol. The van der Waals surface area contributed by atoms with Crippen molar-refractivity contribution in [3.63, 3.8) is 0 Å². The SMILES string of the molecule is NCc1ccc(CS(=O)(=O)Nc2cc(Br)ccc2F)cc1. The molecule has 0 atom stereocenters. The summed E-state index contributed by atoms with van der Waals surface area (Å²) in [7, 11) is -3.69. The molecular formula is C14H14BrFN2O2S. The van der Waals surface area contributed by atoms with E-state index < -0.39 is 15.8 Å². The van der Waals surface area contributed by atoms with Gasteiger partial charge in [-0.25, -0.2) is 12.8 Å². The van der Waals surface area contributed by atoms with Gasteiger partial charge in [-0.2, -0.15) is 0 Å². The second-order valence-corrected chi connectivity index (χ2v) is 7.14. The fourth-order valence-corrected chi connectivity index (χ4v) is 3.33. The van der Waals surface area contributed by atoms with E-state index in [1.807, 2.05) is 0 Å². The van der Waals surface area contributed by atoms with Crippen molar-refractivity contribution in [3.8, 4) is 0 Å². The maximum absolute atomic E-state index is 13.6. The van der Waals surface area contributed by atoms with E-state index in [1.165, 1.54) is 18.2 Å². The van der Waals surface area contributed by atoms with E-state index in [0.29, 0.717) is 16.6 Å². The zero-order chi connectivity index (χ0) is 15.5. The normalized spacial score (nSPS) is 11.4. The summed E-state index contributed by atoms with van der Waals surface area (Å²) < 4.78 is 40.6. The molecule has 2 rings (SSSR count). The van der Waals surface area contributed by atoms with E-state index in [1.54, 1.807) is 24.3 Å². The second-order valence-electron chi connectivity index (χ2n) is 4.51. The lowest BCUT2D eigenvalue weighted by Crippen LogP contribution is -2.16. The Bertz CT molecular complexity index is 733. The Morgan fingerprint density at radius 2 is 1.71 bits per heavy atom. The number of hydrogen-bond donors (Lipinski definition) is 2. The lowest BCUT2D eigenvalue weighted by atomic mass is 10.1. The van der Waals surface area contributed by atoms with Crippen molar-refractivity contribution < 1.29 is 12.8 Å². The third kappa shape index (κ3) is 4.52. The molecule has 7 heteroatoms. The number of rotatable bonds is 5. The highest BCUT2D eigenvalue weighted by molar-refractivity contribution is 9.10. The summed E-state index contributed by atoms with van der Waals surface area (Å²) >= 11 is 3.17. The minimum absolute atomic E-state index is 0.0806. The van der Waals surface area contributed by atoms with Gasteiger partial charge in [0.15, 0.2) is 0 Å². The lowest BCUT2D eigenvalue weighted by molar-refractivity contribution is 0.598. The van der Waals surface area contributed by atoms with E-state index in [4.69, 9.17) is 5.73 Å². The smallest absolute Gasteiger partial charge is 0.237 e. The zero-order valence-corrected chi connectivity index (χ0v) is 13.4. The average molecular weight is 373 g/mol. The van der Waals surface area contributed by atoms with Crippen molar-refractivity contribution in [2.75, 3.05) is 4.72 Å². The highest BCUT2D eigenvalue weighted by Gasteiger charge is 2.14. The fourth-order valence-electron chi connectivity index (χ4n) is 1.77. The number of nitrogens with one attached hydrogen (secondary N) is 1. The molecule has 0 aliphatic heterocycles. The summed E-state index contributed by atoms with van der Waals surface area (Å²) in [6.45, 7) is 0.397. The molecule has 0 aliphatic rings. The van der Waals surface area contributed by atoms with Crippen LogP contribution >= 0.6 is 15.9 Å². The molecule has 0 bridgehead atoms. The van der Waals surface area contributed by atoms with Crippen LogP contribution in [-0.4, -0.2) is 8.42 Å². The van der Waals surface area contributed by atoms with E-state index in [0.717, 1.165) is 5.56 Å². The fraction of sp³-hybridized carbons (Fsp3) is 0.143. The van der Waals surface area contributed by atoms with E-state index in [-0.39, 0.29) is 11.4 Å². The molecule has 0 radical (unpaired) electrons. The second kappa shape index (κ2) is 6.55. The third-order valence-corrected chi connectivity index (χ3v) is 4.55. The van der Waals surface area contributed by atoms with Crippen molar-refractivity contribution in [2.45, 2.75) is 12.3 Å². The van der Waals surface area contributed by atoms with Crippen LogP contribution in [0.2, 0.25) is 0 Å². The number of benzene rings is 2. The average Bonchev–Trinajstić information content (AvgIpc) is 2.43. The Morgan fingerprint density at radius 1 is 1.10 bits per heavy atom. The molecule has 112 valence electrons. The largest absolute Gasteiger partial charge is 0.326 e. The van der Waals surface area contributed by atoms with Crippen LogP contribution in [0.15, 0.2) is 46.9 Å². The molecule has 0 spiro atoms. The van der Waals surface area contributed by atoms with Gasteiger partial charge in [0.05, 0.1) is 11.4 Å². The highest BCUT2D eigenvalue weighted by atomic mass is 79.9. The first-order chi connectivity index (χ1) is 9.89. The number of hydrogen-bond acceptors (Lipinski definition) is 3. The van der Waals surface area contributed by atoms with Gasteiger partial charge in [0.1, 0.15) is 5.82 Å². The molecule has 4 nitrogen and oxygen atoms in total. The standard InChI is InChI=1S/C14H14BrFN2O2S/c15-12-5-6-13(16)14(7-12)18-21(19,20)9-11-3-1-10(8-17)2-4-11/h1-7,18H,8-9,17H2. The lowest BCUT2D eigenvalue weighted by Gasteiger charge is -2.09. The molecular weight excluding hydrogens is 359 g/mol. The van der Waals surface area contributed by atoms with Crippen LogP contribution in [0.4, 0.5) is 10.1 Å². The van der Waals surface area contributed by atoms with Gasteiger partial charge in [0.25, 0.3) is 0 Å². The predicted octanol–water partition coefficient (Wildman–Crippen LogP) is 2.99. The van der Waals surface area contributed by atoms with Crippen LogP contribution in [0.1, 0.15) is 11.1 Å². The molecule has 0 aliphatic carbocycles. The van der Waals surface area contributed by atoms with Crippen LogP contribution in [0.3, 0.4) is 0 Å². The molecule has 0 amide bonds. The summed E-state index contributed by atoms with van der Waals surface area (Å²) in [5.74, 6) is -0.857. The quantitative estimate of drug-likeness (QED) is 0.847. The zero-order valence-electron chi connectivity index (χ0n) is 11.0. The van der Waals surface area contributed by atoms with Crippen LogP contribution in [0.25, 0.3) is 0 Å². The first-order valence-corrected chi connectivity index (χ1v) is 8.57. The number of halogens is 2. The molecule has 0 fully saturated rings. The number of sulfonamides is 1. The Balaban J connectivity index is 2.16. The van der Waals surface area contributed by atoms with Crippen LogP contribution in [0.5, 0.6) is 0 Å². The molecule has 2 aromatic rings. The monoisotopic (exact) mass is 372 g/mol. The van der Waals surface area contributed by atoms with Gasteiger partial charge in [-0.1, -0.05) is 40.2 Å². The van der Waals surface area contributed by atoms with Crippen molar-refractivity contribution in [1.29, 1.82) is 0 Å². The van der Waals surface area contributed by atoms with E-state index in [2.05, 4.69) is 20.7 Å². The maximum atomic E-state index is 13.6. The van der Waals surface area contributed by atoms with Gasteiger partial charge >= 0.3 is 0 Å². The third-order valence-electron chi connectivity index (χ3n) is 2.81. The van der Waals surface area contributed by atoms with E-state index >= 15 is 0 Å². The Morgan fingerprint density at radius 3 is 2.33 bits per heavy atom. The molecule has 2 aromatic carbocycles. The molecule has 0 unspecified atom stereocenters. The van der Waals surface area contributed by atoms with E-state index in [9.17, 15) is 12.8 Å². The highest BCUT2D eigenvalue weighted by Crippen LogP contribution is 2.22. The molecule has 0 heterocycles. The van der Waals surface area contributed by atoms with Gasteiger partial charge in [0, 0.05) is 11.0 Å². The van der Waals surface area contributed by atoms with Crippen molar-refractivity contribution in [2.24, 2.45) is 5.73 Å². The summed E-state index contributed by atoms with van der Waals surface area (Å²) in [5, 5.41) is 0. The number of anilines is 1. The molecule has 0 saturated carbocycles. The maximum Gasteiger partial charge on any atom is 0.237 e. The summed E-state index contributed by atoms with van der Waals surface area (Å²) in [5.41, 5.74) is 6.93. The Labute approximate surface area is 131 Å². The van der Waals surface area contributed by atoms with Gasteiger partial charge in [0.2, 0.25) is 10.0 Å². The minimum Gasteiger partial charge on any atom is -0.326 e. The minimum atomic E-state index is -3.69. The number of nitrogens with two attached hydrogens (primary N) is 1. The Kier molecular flexibility index (Phi) is 4.97. The topological polar surface area (TPSA) is 72.2 Å². The van der Waals surface area contributed by atoms with Crippen LogP contribution < -0.4 is 10.5 Å². The summed E-state index contributed by atoms with van der Waals surface area (Å²) in [4.78, 5) is 0. The molecule has 21 heavy (non-hydrogen) atoms. The van der Waals surface area contributed by atoms with Crippen molar-refractivity contribution in [3.05, 3.63) is 63.9 Å². The summed E-state index contributed by atoms with van der Waals surface area (Å²) in [6, 6.07) is 11.0.